The third kappa shape index (κ3) is 22.9. The van der Waals surface area contributed by atoms with E-state index < -0.39 is 161 Å². The van der Waals surface area contributed by atoms with Gasteiger partial charge in [-0.3, -0.25) is 0 Å². The molecule has 0 unspecified atom stereocenters. The predicted molar refractivity (Wildman–Crippen MR) is 550 cm³/mol. The summed E-state index contributed by atoms with van der Waals surface area (Å²) < 4.78 is 4.24. The van der Waals surface area contributed by atoms with E-state index in [4.69, 9.17) is 0 Å². The SMILES string of the molecule is C[Si](C)(C)C(c1cc(C([Si](C)(C)C)[Si](C)(C)C)c(B2[S][Sb]([c]3c(C([Si](C)(C)C)[Si](C)(C)C)cc(C([Si](C)(C)C)[Si](C)(C)C)cc3C([Si](C)(C)C)[Si](C)(C)C)([c]3c(C([Si](C)(C)C)[Si](C)(C)C)cc(C([Si](C)(C)C)[Si](C)(C)C)cc3C([Si](C)(C)C)[Si](C)(C)C)[S]2)c(C([Si](C)(C)C)[Si](C)(C)C)c1)[Si](C)(C)C. The van der Waals surface area contributed by atoms with Crippen LogP contribution in [0.1, 0.15) is 96.6 Å². The molecule has 1 heterocycles. The van der Waals surface area contributed by atoms with Crippen LogP contribution in [-0.2, 0) is 0 Å². The van der Waals surface area contributed by atoms with Gasteiger partial charge in [-0.2, -0.15) is 0 Å². The molecule has 1 fully saturated rings. The van der Waals surface area contributed by atoms with E-state index in [0.717, 1.165) is 0 Å². The third-order valence-electron chi connectivity index (χ3n) is 23.4. The van der Waals surface area contributed by atoms with Crippen LogP contribution < -0.4 is 12.5 Å². The Labute approximate surface area is 675 Å². The molecule has 0 aliphatic carbocycles. The van der Waals surface area contributed by atoms with Gasteiger partial charge in [0.25, 0.3) is 0 Å². The Hall–Kier alpha value is 3.15. The Morgan fingerprint density at radius 1 is 0.184 bits per heavy atom. The Balaban J connectivity index is 3.09. The number of hydrogen-bond donors (Lipinski definition) is 0. The first-order valence-corrected chi connectivity index (χ1v) is 116. The zero-order valence-electron chi connectivity index (χ0n) is 79.5. The molecule has 1 saturated heterocycles. The summed E-state index contributed by atoms with van der Waals surface area (Å²) in [6.45, 7) is 154. The maximum absolute atomic E-state index is 4.42. The molecular weight excluding hydrogens is 1680 g/mol. The van der Waals surface area contributed by atoms with Crippen LogP contribution in [0, 0.1) is 0 Å². The van der Waals surface area contributed by atoms with Gasteiger partial charge in [0.05, 0.1) is 0 Å². The summed E-state index contributed by atoms with van der Waals surface area (Å²) in [6, 6.07) is 19.1. The molecule has 0 aromatic heterocycles. The van der Waals surface area contributed by atoms with Gasteiger partial charge in [0, 0.05) is 0 Å². The molecule has 3 aromatic rings. The van der Waals surface area contributed by atoms with Crippen molar-refractivity contribution in [2.24, 2.45) is 0 Å². The van der Waals surface area contributed by atoms with Crippen molar-refractivity contribution >= 4 is 196 Å². The van der Waals surface area contributed by atoms with Gasteiger partial charge in [-0.05, 0) is 0 Å². The summed E-state index contributed by atoms with van der Waals surface area (Å²) in [4.78, 5) is 0. The summed E-state index contributed by atoms with van der Waals surface area (Å²) in [5, 5.41) is 6.28. The first-order valence-electron chi connectivity index (χ1n) is 41.3. The van der Waals surface area contributed by atoms with Gasteiger partial charge >= 0.3 is 683 Å². The van der Waals surface area contributed by atoms with Gasteiger partial charge < -0.3 is 0 Å². The second-order valence-electron chi connectivity index (χ2n) is 53.8. The second kappa shape index (κ2) is 31.2. The number of benzene rings is 3. The molecule has 0 amide bonds. The zero-order chi connectivity index (χ0) is 81.9. The zero-order valence-corrected chi connectivity index (χ0v) is 102. The molecule has 0 atom stereocenters. The van der Waals surface area contributed by atoms with E-state index in [1.165, 1.54) is 0 Å². The van der Waals surface area contributed by atoms with Crippen LogP contribution in [0.25, 0.3) is 0 Å². The van der Waals surface area contributed by atoms with Crippen molar-refractivity contribution in [2.75, 3.05) is 0 Å². The molecule has 1 radical (unpaired) electrons. The Bertz CT molecular complexity index is 3020. The van der Waals surface area contributed by atoms with Crippen LogP contribution in [0.4, 0.5) is 0 Å². The molecule has 4 rings (SSSR count). The van der Waals surface area contributed by atoms with Crippen molar-refractivity contribution < 1.29 is 0 Å². The van der Waals surface area contributed by atoms with Crippen LogP contribution in [0.5, 0.6) is 0 Å². The van der Waals surface area contributed by atoms with Crippen molar-refractivity contribution in [3.8, 4) is 0 Å². The molecule has 22 heteroatoms. The van der Waals surface area contributed by atoms with Crippen molar-refractivity contribution in [1.82, 2.24) is 0 Å². The second-order valence-corrected chi connectivity index (χ2v) is 174. The van der Waals surface area contributed by atoms with E-state index in [-0.39, 0.29) is 0 Å². The molecule has 593 valence electrons. The molecule has 1 aliphatic heterocycles. The third-order valence-corrected chi connectivity index (χ3v) is 135. The van der Waals surface area contributed by atoms with E-state index in [0.29, 0.717) is 51.7 Å². The van der Waals surface area contributed by atoms with Gasteiger partial charge in [0.2, 0.25) is 0 Å². The average molecular weight is 1850 g/mol. The molecule has 0 nitrogen and oxygen atoms in total. The van der Waals surface area contributed by atoms with Crippen molar-refractivity contribution in [3.63, 3.8) is 0 Å². The fraction of sp³-hybridized carbons (Fsp3) is 0.778. The quantitative estimate of drug-likeness (QED) is 0.0610. The monoisotopic (exact) mass is 1850 g/mol. The summed E-state index contributed by atoms with van der Waals surface area (Å²) in [7, 11) is -28.5. The van der Waals surface area contributed by atoms with E-state index in [1.54, 1.807) is 5.56 Å². The van der Waals surface area contributed by atoms with E-state index >= 15 is 0 Å². The van der Waals surface area contributed by atoms with Crippen molar-refractivity contribution in [1.29, 1.82) is 0 Å². The summed E-state index contributed by atoms with van der Waals surface area (Å²) in [6.07, 6.45) is 0. The Kier molecular flexibility index (Phi) is 29.9. The van der Waals surface area contributed by atoms with Crippen LogP contribution in [0.15, 0.2) is 36.4 Å². The molecule has 0 bridgehead atoms. The van der Waals surface area contributed by atoms with E-state index in [2.05, 4.69) is 414 Å². The summed E-state index contributed by atoms with van der Waals surface area (Å²) in [5.41, 5.74) is 19.2. The number of hydrogen-bond acceptors (Lipinski definition) is 2. The molecule has 0 N–H and O–H groups in total. The average Bonchev–Trinajstić information content (AvgIpc) is 0.677. The minimum absolute atomic E-state index is 0.394. The van der Waals surface area contributed by atoms with Crippen molar-refractivity contribution in [3.05, 3.63) is 86.5 Å². The normalized spacial score (nSPS) is 16.6. The van der Waals surface area contributed by atoms with Gasteiger partial charge in [-0.15, -0.1) is 0 Å². The predicted octanol–water partition coefficient (Wildman–Crippen LogP) is 28.7. The molecule has 103 heavy (non-hydrogen) atoms. The molecule has 1 aliphatic rings. The topological polar surface area (TPSA) is 0 Å². The number of rotatable bonds is 30. The Morgan fingerprint density at radius 2 is 0.301 bits per heavy atom. The molecule has 3 aromatic carbocycles. The standard InChI is InChI=1S/C27H59BS2Si6.2C27H59Si6.Sb/c1-31(2,3)25(32(4,5)6)21-19-22(26(33(7,8)9)34(10,11)12)24(28(29)30)23(20-21)27(35(13,14)15)36(16,17)18;2*1-28(2,3)25(29(4,5)6)22-19-23(26(30(7,8)9)31(10,11)12)21-24(20-22)27(32(13,14)15)33(16,17)18;/h19-20,25-27H,1-18H3;2*19-20,25-27H,1-18H3;/q-2;;;+2. The first kappa shape index (κ1) is 98.5. The van der Waals surface area contributed by atoms with Crippen LogP contribution in [0.3, 0.4) is 0 Å². The first-order chi connectivity index (χ1) is 44.5. The van der Waals surface area contributed by atoms with Gasteiger partial charge in [-0.1, -0.05) is 0 Å². The van der Waals surface area contributed by atoms with Crippen molar-refractivity contribution in [2.45, 2.75) is 400 Å². The van der Waals surface area contributed by atoms with Crippen LogP contribution >= 0.6 is 17.4 Å². The van der Waals surface area contributed by atoms with Crippen LogP contribution in [0.2, 0.25) is 354 Å². The molecule has 0 saturated carbocycles. The van der Waals surface area contributed by atoms with Crippen LogP contribution in [-0.4, -0.2) is 167 Å². The molecular formula is C81H177BS2SbSi18. The fourth-order valence-corrected chi connectivity index (χ4v) is 175. The minimum atomic E-state index is -4.42. The maximum atomic E-state index is 3.22. The molecule has 0 spiro atoms. The van der Waals surface area contributed by atoms with Gasteiger partial charge in [-0.25, -0.2) is 0 Å². The van der Waals surface area contributed by atoms with Gasteiger partial charge in [0.15, 0.2) is 0 Å². The Morgan fingerprint density at radius 3 is 0.427 bits per heavy atom. The van der Waals surface area contributed by atoms with E-state index in [9.17, 15) is 0 Å². The van der Waals surface area contributed by atoms with E-state index in [1.807, 2.05) is 50.0 Å². The fourth-order valence-electron chi connectivity index (χ4n) is 25.9. The summed E-state index contributed by atoms with van der Waals surface area (Å²) >= 11 is -4.42. The summed E-state index contributed by atoms with van der Waals surface area (Å²) in [5.74, 6) is 0. The van der Waals surface area contributed by atoms with Gasteiger partial charge in [0.1, 0.15) is 0 Å².